The summed E-state index contributed by atoms with van der Waals surface area (Å²) >= 11 is 0. The molecule has 5 aliphatic rings. The van der Waals surface area contributed by atoms with Crippen LogP contribution in [-0.4, -0.2) is 24.3 Å². The minimum absolute atomic E-state index is 0.0980. The van der Waals surface area contributed by atoms with Crippen molar-refractivity contribution in [3.63, 3.8) is 0 Å². The van der Waals surface area contributed by atoms with Gasteiger partial charge in [0.2, 0.25) is 0 Å². The van der Waals surface area contributed by atoms with Crippen LogP contribution in [0.25, 0.3) is 0 Å². The Balaban J connectivity index is 1.51. The first-order valence-electron chi connectivity index (χ1n) is 12.7. The van der Waals surface area contributed by atoms with Gasteiger partial charge in [-0.3, -0.25) is 0 Å². The minimum Gasteiger partial charge on any atom is -0.393 e. The highest BCUT2D eigenvalue weighted by Gasteiger charge is 2.60. The Bertz CT molecular complexity index is 716. The topological polar surface area (TPSA) is 32.3 Å². The molecule has 29 heavy (non-hydrogen) atoms. The van der Waals surface area contributed by atoms with Gasteiger partial charge in [0.15, 0.2) is 0 Å². The molecule has 3 fully saturated rings. The largest absolute Gasteiger partial charge is 0.393 e. The van der Waals surface area contributed by atoms with E-state index in [4.69, 9.17) is 0 Å². The van der Waals surface area contributed by atoms with Gasteiger partial charge < -0.3 is 10.4 Å². The van der Waals surface area contributed by atoms with Crippen LogP contribution in [0.1, 0.15) is 85.5 Å². The fourth-order valence-electron chi connectivity index (χ4n) is 9.08. The Kier molecular flexibility index (Phi) is 5.06. The molecule has 1 saturated heterocycles. The zero-order chi connectivity index (χ0) is 20.4. The average molecular weight is 398 g/mol. The predicted octanol–water partition coefficient (Wildman–Crippen LogP) is 5.87. The summed E-state index contributed by atoms with van der Waals surface area (Å²) in [5.41, 5.74) is 6.07. The van der Waals surface area contributed by atoms with Crippen molar-refractivity contribution >= 4 is 0 Å². The van der Waals surface area contributed by atoms with E-state index in [2.05, 4.69) is 39.1 Å². The quantitative estimate of drug-likeness (QED) is 0.571. The lowest BCUT2D eigenvalue weighted by Gasteiger charge is -2.60. The van der Waals surface area contributed by atoms with E-state index in [1.54, 1.807) is 11.1 Å². The highest BCUT2D eigenvalue weighted by atomic mass is 16.3. The summed E-state index contributed by atoms with van der Waals surface area (Å²) in [4.78, 5) is 0. The SMILES string of the molecule is CC[C@H]1C=C2C[C@@H](O)CC[C@]2(C)[C@H]2CC[C@]3(C)C(C4CCNCC4)=C(C)C[C@H]3[C@H]12. The van der Waals surface area contributed by atoms with Gasteiger partial charge in [-0.15, -0.1) is 0 Å². The van der Waals surface area contributed by atoms with Gasteiger partial charge in [-0.05, 0) is 118 Å². The first-order valence-corrected chi connectivity index (χ1v) is 12.7. The molecule has 0 aromatic heterocycles. The van der Waals surface area contributed by atoms with E-state index < -0.39 is 0 Å². The van der Waals surface area contributed by atoms with Crippen LogP contribution >= 0.6 is 0 Å². The summed E-state index contributed by atoms with van der Waals surface area (Å²) in [6.45, 7) is 12.5. The van der Waals surface area contributed by atoms with Gasteiger partial charge in [-0.1, -0.05) is 43.6 Å². The predicted molar refractivity (Wildman–Crippen MR) is 121 cm³/mol. The maximum Gasteiger partial charge on any atom is 0.0577 e. The number of rotatable bonds is 2. The van der Waals surface area contributed by atoms with Gasteiger partial charge in [-0.25, -0.2) is 0 Å². The number of allylic oxidation sites excluding steroid dienone is 3. The van der Waals surface area contributed by atoms with Crippen molar-refractivity contribution in [1.82, 2.24) is 5.32 Å². The molecule has 2 N–H and O–H groups in total. The van der Waals surface area contributed by atoms with Crippen LogP contribution in [0.2, 0.25) is 0 Å². The van der Waals surface area contributed by atoms with E-state index in [1.165, 1.54) is 58.0 Å². The molecule has 2 nitrogen and oxygen atoms in total. The van der Waals surface area contributed by atoms with Crippen LogP contribution < -0.4 is 5.32 Å². The lowest BCUT2D eigenvalue weighted by molar-refractivity contribution is -0.0542. The minimum atomic E-state index is -0.0980. The number of fused-ring (bicyclic) bond motifs is 5. The third kappa shape index (κ3) is 2.95. The molecule has 0 radical (unpaired) electrons. The average Bonchev–Trinajstić information content (AvgIpc) is 2.98. The zero-order valence-corrected chi connectivity index (χ0v) is 19.3. The molecule has 0 aromatic rings. The fraction of sp³-hybridized carbons (Fsp3) is 0.852. The lowest BCUT2D eigenvalue weighted by Crippen LogP contribution is -2.53. The van der Waals surface area contributed by atoms with E-state index in [-0.39, 0.29) is 6.10 Å². The fourth-order valence-corrected chi connectivity index (χ4v) is 9.08. The molecule has 1 heterocycles. The van der Waals surface area contributed by atoms with E-state index in [1.807, 2.05) is 5.57 Å². The number of nitrogens with one attached hydrogen (secondary N) is 1. The molecule has 5 rings (SSSR count). The van der Waals surface area contributed by atoms with Crippen molar-refractivity contribution in [3.8, 4) is 0 Å². The van der Waals surface area contributed by atoms with Crippen molar-refractivity contribution in [2.45, 2.75) is 91.6 Å². The smallest absolute Gasteiger partial charge is 0.0577 e. The van der Waals surface area contributed by atoms with E-state index in [9.17, 15) is 5.11 Å². The van der Waals surface area contributed by atoms with Crippen LogP contribution in [0.3, 0.4) is 0 Å². The van der Waals surface area contributed by atoms with Crippen molar-refractivity contribution in [2.75, 3.05) is 13.1 Å². The number of hydrogen-bond acceptors (Lipinski definition) is 2. The Morgan fingerprint density at radius 2 is 1.72 bits per heavy atom. The van der Waals surface area contributed by atoms with Crippen molar-refractivity contribution in [2.24, 2.45) is 40.4 Å². The van der Waals surface area contributed by atoms with Crippen LogP contribution in [0.15, 0.2) is 22.8 Å². The molecule has 0 bridgehead atoms. The van der Waals surface area contributed by atoms with Crippen LogP contribution in [0.5, 0.6) is 0 Å². The summed E-state index contributed by atoms with van der Waals surface area (Å²) in [6, 6.07) is 0. The number of aliphatic hydroxyl groups is 1. The molecular weight excluding hydrogens is 354 g/mol. The van der Waals surface area contributed by atoms with Crippen LogP contribution in [0.4, 0.5) is 0 Å². The zero-order valence-electron chi connectivity index (χ0n) is 19.3. The molecule has 162 valence electrons. The third-order valence-electron chi connectivity index (χ3n) is 10.5. The molecule has 7 atom stereocenters. The second-order valence-electron chi connectivity index (χ2n) is 11.7. The van der Waals surface area contributed by atoms with Gasteiger partial charge in [0.1, 0.15) is 0 Å². The number of hydrogen-bond donors (Lipinski definition) is 2. The molecule has 0 spiro atoms. The Morgan fingerprint density at radius 1 is 1.00 bits per heavy atom. The first kappa shape index (κ1) is 20.3. The summed E-state index contributed by atoms with van der Waals surface area (Å²) < 4.78 is 0. The second-order valence-corrected chi connectivity index (χ2v) is 11.7. The molecule has 2 heteroatoms. The van der Waals surface area contributed by atoms with Gasteiger partial charge in [0.25, 0.3) is 0 Å². The normalized spacial score (nSPS) is 48.0. The third-order valence-corrected chi connectivity index (χ3v) is 10.5. The highest BCUT2D eigenvalue weighted by Crippen LogP contribution is 2.68. The standard InChI is InChI=1S/C27H43NO/c1-5-18-15-20-16-21(29)6-10-26(20,3)22-7-11-27(4)23(24(18)22)14-17(2)25(27)19-8-12-28-13-9-19/h15,18-19,21-24,28-29H,5-14,16H2,1-4H3/t18-,21-,22-,23-,24+,26-,27-/m0/s1. The van der Waals surface area contributed by atoms with Gasteiger partial charge in [0, 0.05) is 0 Å². The van der Waals surface area contributed by atoms with Crippen molar-refractivity contribution in [1.29, 1.82) is 0 Å². The molecule has 0 amide bonds. The maximum absolute atomic E-state index is 10.4. The van der Waals surface area contributed by atoms with Crippen molar-refractivity contribution in [3.05, 3.63) is 22.8 Å². The van der Waals surface area contributed by atoms with Crippen LogP contribution in [0, 0.1) is 40.4 Å². The van der Waals surface area contributed by atoms with E-state index in [0.29, 0.717) is 10.8 Å². The summed E-state index contributed by atoms with van der Waals surface area (Å²) in [7, 11) is 0. The maximum atomic E-state index is 10.4. The Labute approximate surface area is 178 Å². The van der Waals surface area contributed by atoms with Gasteiger partial charge in [0.05, 0.1) is 6.10 Å². The monoisotopic (exact) mass is 397 g/mol. The summed E-state index contributed by atoms with van der Waals surface area (Å²) in [6.07, 6.45) is 13.8. The Hall–Kier alpha value is -0.600. The number of piperidine rings is 1. The second kappa shape index (κ2) is 7.23. The van der Waals surface area contributed by atoms with Gasteiger partial charge in [-0.2, -0.15) is 0 Å². The summed E-state index contributed by atoms with van der Waals surface area (Å²) in [5.74, 6) is 4.07. The van der Waals surface area contributed by atoms with Crippen molar-refractivity contribution < 1.29 is 5.11 Å². The highest BCUT2D eigenvalue weighted by molar-refractivity contribution is 5.36. The lowest BCUT2D eigenvalue weighted by atomic mass is 9.45. The molecule has 1 aliphatic heterocycles. The van der Waals surface area contributed by atoms with E-state index in [0.717, 1.165) is 42.4 Å². The first-order chi connectivity index (χ1) is 13.9. The Morgan fingerprint density at radius 3 is 2.45 bits per heavy atom. The number of aliphatic hydroxyl groups excluding tert-OH is 1. The summed E-state index contributed by atoms with van der Waals surface area (Å²) in [5, 5.41) is 14.0. The van der Waals surface area contributed by atoms with E-state index >= 15 is 0 Å². The molecule has 4 aliphatic carbocycles. The van der Waals surface area contributed by atoms with Gasteiger partial charge >= 0.3 is 0 Å². The molecule has 2 saturated carbocycles. The molecule has 0 unspecified atom stereocenters. The van der Waals surface area contributed by atoms with Crippen LogP contribution in [-0.2, 0) is 0 Å². The molecular formula is C27H43NO. The molecule has 0 aromatic carbocycles.